The van der Waals surface area contributed by atoms with Crippen LogP contribution in [0.25, 0.3) is 0 Å². The zero-order chi connectivity index (χ0) is 18.4. The Morgan fingerprint density at radius 3 is 2.56 bits per heavy atom. The number of rotatable bonds is 6. The Morgan fingerprint density at radius 2 is 1.80 bits per heavy atom. The van der Waals surface area contributed by atoms with Crippen LogP contribution in [0.1, 0.15) is 11.1 Å². The predicted molar refractivity (Wildman–Crippen MR) is 97.5 cm³/mol. The van der Waals surface area contributed by atoms with Gasteiger partial charge in [-0.15, -0.1) is 0 Å². The highest BCUT2D eigenvalue weighted by atomic mass is 35.5. The number of ether oxygens (including phenoxy) is 2. The molecule has 0 aliphatic rings. The molecule has 7 heteroatoms. The smallest absolute Gasteiger partial charge is 0.344 e. The zero-order valence-corrected chi connectivity index (χ0v) is 15.3. The van der Waals surface area contributed by atoms with E-state index in [1.54, 1.807) is 37.3 Å². The molecule has 1 N–H and O–H groups in total. The first-order valence-electron chi connectivity index (χ1n) is 7.46. The van der Waals surface area contributed by atoms with Gasteiger partial charge in [-0.3, -0.25) is 4.79 Å². The lowest BCUT2D eigenvalue weighted by molar-refractivity contribution is -0.149. The van der Waals surface area contributed by atoms with Crippen LogP contribution in [-0.4, -0.2) is 25.1 Å². The molecular weight excluding hydrogens is 365 g/mol. The number of nitrogens with one attached hydrogen (secondary N) is 1. The van der Waals surface area contributed by atoms with Gasteiger partial charge < -0.3 is 14.8 Å². The minimum Gasteiger partial charge on any atom is -0.480 e. The Labute approximate surface area is 155 Å². The van der Waals surface area contributed by atoms with E-state index in [1.165, 1.54) is 0 Å². The van der Waals surface area contributed by atoms with Crippen LogP contribution in [0.5, 0.6) is 5.75 Å². The summed E-state index contributed by atoms with van der Waals surface area (Å²) in [7, 11) is 0. The fourth-order valence-electron chi connectivity index (χ4n) is 1.97. The van der Waals surface area contributed by atoms with Crippen LogP contribution in [0.3, 0.4) is 0 Å². The molecule has 0 spiro atoms. The number of amides is 1. The van der Waals surface area contributed by atoms with Crippen molar-refractivity contribution < 1.29 is 19.1 Å². The van der Waals surface area contributed by atoms with Crippen molar-refractivity contribution in [1.29, 1.82) is 0 Å². The molecule has 132 valence electrons. The summed E-state index contributed by atoms with van der Waals surface area (Å²) in [5, 5.41) is 3.57. The van der Waals surface area contributed by atoms with Crippen LogP contribution in [0.15, 0.2) is 36.4 Å². The first-order chi connectivity index (χ1) is 11.9. The molecule has 2 aromatic carbocycles. The van der Waals surface area contributed by atoms with Gasteiger partial charge in [-0.25, -0.2) is 4.79 Å². The minimum absolute atomic E-state index is 0.341. The number of hydrogen-bond acceptors (Lipinski definition) is 4. The summed E-state index contributed by atoms with van der Waals surface area (Å²) in [5.41, 5.74) is 2.25. The molecule has 0 radical (unpaired) electrons. The van der Waals surface area contributed by atoms with Gasteiger partial charge in [0.05, 0.1) is 5.02 Å². The van der Waals surface area contributed by atoms with Gasteiger partial charge in [0.1, 0.15) is 5.75 Å². The van der Waals surface area contributed by atoms with Crippen molar-refractivity contribution in [2.45, 2.75) is 13.8 Å². The van der Waals surface area contributed by atoms with Crippen LogP contribution < -0.4 is 10.1 Å². The van der Waals surface area contributed by atoms with Crippen molar-refractivity contribution >= 4 is 40.8 Å². The lowest BCUT2D eigenvalue weighted by Crippen LogP contribution is -2.24. The van der Waals surface area contributed by atoms with Crippen LogP contribution >= 0.6 is 23.2 Å². The molecule has 5 nitrogen and oxygen atoms in total. The monoisotopic (exact) mass is 381 g/mol. The standard InChI is InChI=1S/C18H17Cl2NO4/c1-11-6-7-14(20)16(8-11)24-10-18(23)25-9-17(22)21-15-5-3-4-13(19)12(15)2/h3-8H,9-10H2,1-2H3,(H,21,22). The number of esters is 1. The Kier molecular flexibility index (Phi) is 6.67. The van der Waals surface area contributed by atoms with Gasteiger partial charge >= 0.3 is 5.97 Å². The van der Waals surface area contributed by atoms with Crippen molar-refractivity contribution in [3.05, 3.63) is 57.6 Å². The molecule has 0 heterocycles. The van der Waals surface area contributed by atoms with E-state index in [0.717, 1.165) is 11.1 Å². The number of aryl methyl sites for hydroxylation is 1. The van der Waals surface area contributed by atoms with Crippen LogP contribution in [0.2, 0.25) is 10.0 Å². The second-order valence-electron chi connectivity index (χ2n) is 5.34. The maximum atomic E-state index is 11.9. The van der Waals surface area contributed by atoms with Crippen molar-refractivity contribution in [3.8, 4) is 5.75 Å². The molecule has 0 bridgehead atoms. The van der Waals surface area contributed by atoms with Gasteiger partial charge in [-0.1, -0.05) is 35.3 Å². The first-order valence-corrected chi connectivity index (χ1v) is 8.22. The van der Waals surface area contributed by atoms with E-state index >= 15 is 0 Å². The van der Waals surface area contributed by atoms with Gasteiger partial charge in [0.2, 0.25) is 0 Å². The average molecular weight is 382 g/mol. The van der Waals surface area contributed by atoms with Gasteiger partial charge in [0, 0.05) is 10.7 Å². The number of anilines is 1. The molecule has 0 aliphatic carbocycles. The van der Waals surface area contributed by atoms with Crippen LogP contribution in [-0.2, 0) is 14.3 Å². The fourth-order valence-corrected chi connectivity index (χ4v) is 2.32. The summed E-state index contributed by atoms with van der Waals surface area (Å²) >= 11 is 12.0. The number of halogens is 2. The highest BCUT2D eigenvalue weighted by Gasteiger charge is 2.11. The fraction of sp³-hybridized carbons (Fsp3) is 0.222. The third kappa shape index (κ3) is 5.66. The van der Waals surface area contributed by atoms with Crippen LogP contribution in [0, 0.1) is 13.8 Å². The van der Waals surface area contributed by atoms with E-state index in [2.05, 4.69) is 5.32 Å². The van der Waals surface area contributed by atoms with E-state index in [4.69, 9.17) is 32.7 Å². The lowest BCUT2D eigenvalue weighted by Gasteiger charge is -2.11. The second kappa shape index (κ2) is 8.74. The van der Waals surface area contributed by atoms with E-state index in [9.17, 15) is 9.59 Å². The largest absolute Gasteiger partial charge is 0.480 e. The van der Waals surface area contributed by atoms with E-state index in [0.29, 0.717) is 21.5 Å². The summed E-state index contributed by atoms with van der Waals surface area (Å²) in [6.45, 7) is 2.90. The third-order valence-electron chi connectivity index (χ3n) is 3.34. The predicted octanol–water partition coefficient (Wildman–Crippen LogP) is 4.17. The first kappa shape index (κ1) is 19.1. The molecule has 0 aromatic heterocycles. The maximum absolute atomic E-state index is 11.9. The Balaban J connectivity index is 1.80. The topological polar surface area (TPSA) is 64.6 Å². The molecule has 1 amide bonds. The Bertz CT molecular complexity index is 793. The summed E-state index contributed by atoms with van der Waals surface area (Å²) in [4.78, 5) is 23.6. The van der Waals surface area contributed by atoms with Gasteiger partial charge in [-0.05, 0) is 49.2 Å². The van der Waals surface area contributed by atoms with E-state index in [-0.39, 0.29) is 6.61 Å². The van der Waals surface area contributed by atoms with Crippen molar-refractivity contribution in [1.82, 2.24) is 0 Å². The molecular formula is C18H17Cl2NO4. The van der Waals surface area contributed by atoms with Gasteiger partial charge in [0.15, 0.2) is 13.2 Å². The van der Waals surface area contributed by atoms with E-state index < -0.39 is 18.5 Å². The average Bonchev–Trinajstić information content (AvgIpc) is 2.58. The van der Waals surface area contributed by atoms with E-state index in [1.807, 2.05) is 13.0 Å². The summed E-state index contributed by atoms with van der Waals surface area (Å²) in [6.07, 6.45) is 0. The molecule has 0 atom stereocenters. The normalized spacial score (nSPS) is 10.2. The van der Waals surface area contributed by atoms with Crippen molar-refractivity contribution in [2.24, 2.45) is 0 Å². The number of benzene rings is 2. The summed E-state index contributed by atoms with van der Waals surface area (Å²) in [6, 6.07) is 10.4. The van der Waals surface area contributed by atoms with Gasteiger partial charge in [-0.2, -0.15) is 0 Å². The van der Waals surface area contributed by atoms with Crippen molar-refractivity contribution in [3.63, 3.8) is 0 Å². The molecule has 0 saturated heterocycles. The summed E-state index contributed by atoms with van der Waals surface area (Å²) < 4.78 is 10.2. The number of carbonyl (C=O) groups is 2. The molecule has 0 unspecified atom stereocenters. The highest BCUT2D eigenvalue weighted by Crippen LogP contribution is 2.25. The summed E-state index contributed by atoms with van der Waals surface area (Å²) in [5.74, 6) is -0.750. The quantitative estimate of drug-likeness (QED) is 0.762. The minimum atomic E-state index is -0.671. The zero-order valence-electron chi connectivity index (χ0n) is 13.8. The molecule has 0 aliphatic heterocycles. The second-order valence-corrected chi connectivity index (χ2v) is 6.16. The van der Waals surface area contributed by atoms with Crippen LogP contribution in [0.4, 0.5) is 5.69 Å². The molecule has 0 fully saturated rings. The Hall–Kier alpha value is -2.24. The SMILES string of the molecule is Cc1ccc(Cl)c(OCC(=O)OCC(=O)Nc2cccc(Cl)c2C)c1. The number of carbonyl (C=O) groups excluding carboxylic acids is 2. The van der Waals surface area contributed by atoms with Gasteiger partial charge in [0.25, 0.3) is 5.91 Å². The highest BCUT2D eigenvalue weighted by molar-refractivity contribution is 6.32. The van der Waals surface area contributed by atoms with Crippen molar-refractivity contribution in [2.75, 3.05) is 18.5 Å². The lowest BCUT2D eigenvalue weighted by atomic mass is 10.2. The number of hydrogen-bond donors (Lipinski definition) is 1. The Morgan fingerprint density at radius 1 is 1.04 bits per heavy atom. The molecule has 2 rings (SSSR count). The molecule has 25 heavy (non-hydrogen) atoms. The third-order valence-corrected chi connectivity index (χ3v) is 4.06. The molecule has 2 aromatic rings. The maximum Gasteiger partial charge on any atom is 0.344 e. The molecule has 0 saturated carbocycles.